The van der Waals surface area contributed by atoms with Crippen LogP contribution in [0, 0.1) is 0 Å². The van der Waals surface area contributed by atoms with Crippen molar-refractivity contribution in [1.82, 2.24) is 15.3 Å². The first-order valence-corrected chi connectivity index (χ1v) is 6.66. The summed E-state index contributed by atoms with van der Waals surface area (Å²) in [6.45, 7) is 4.92. The smallest absolute Gasteiger partial charge is 0.350 e. The molecule has 0 unspecified atom stereocenters. The van der Waals surface area contributed by atoms with Gasteiger partial charge in [0.25, 0.3) is 0 Å². The summed E-state index contributed by atoms with van der Waals surface area (Å²) in [5.74, 6) is 0.120. The van der Waals surface area contributed by atoms with Gasteiger partial charge in [-0.3, -0.25) is 0 Å². The van der Waals surface area contributed by atoms with Gasteiger partial charge in [-0.15, -0.1) is 0 Å². The van der Waals surface area contributed by atoms with E-state index in [0.717, 1.165) is 12.8 Å². The molecule has 0 bridgehead atoms. The molecule has 1 aliphatic rings. The highest BCUT2D eigenvalue weighted by molar-refractivity contribution is 6.30. The van der Waals surface area contributed by atoms with Crippen molar-refractivity contribution in [2.45, 2.75) is 44.4 Å². The Hall–Kier alpha value is -1.08. The van der Waals surface area contributed by atoms with Crippen LogP contribution in [-0.4, -0.2) is 28.1 Å². The lowest BCUT2D eigenvalue weighted by Gasteiger charge is -2.36. The van der Waals surface area contributed by atoms with E-state index in [1.54, 1.807) is 0 Å². The first kappa shape index (κ1) is 15.3. The molecule has 1 fully saturated rings. The molecule has 2 rings (SSSR count). The van der Waals surface area contributed by atoms with Crippen LogP contribution in [0.5, 0.6) is 0 Å². The molecule has 4 nitrogen and oxygen atoms in total. The molecule has 0 aromatic carbocycles. The van der Waals surface area contributed by atoms with E-state index in [1.807, 2.05) is 0 Å². The molecule has 1 aromatic heterocycles. The molecule has 0 saturated carbocycles. The molecule has 0 aliphatic carbocycles. The van der Waals surface area contributed by atoms with E-state index < -0.39 is 16.9 Å². The molecule has 0 amide bonds. The summed E-state index contributed by atoms with van der Waals surface area (Å²) >= 11 is 5.55. The third kappa shape index (κ3) is 3.73. The Morgan fingerprint density at radius 2 is 2.15 bits per heavy atom. The van der Waals surface area contributed by atoms with Crippen molar-refractivity contribution in [2.75, 3.05) is 11.9 Å². The summed E-state index contributed by atoms with van der Waals surface area (Å²) in [5.41, 5.74) is -0.941. The predicted octanol–water partition coefficient (Wildman–Crippen LogP) is 3.09. The number of nitrogens with zero attached hydrogens (tertiary/aromatic N) is 2. The van der Waals surface area contributed by atoms with Crippen molar-refractivity contribution >= 4 is 17.5 Å². The lowest BCUT2D eigenvalue weighted by molar-refractivity contribution is -0.137. The quantitative estimate of drug-likeness (QED) is 0.824. The fourth-order valence-electron chi connectivity index (χ4n) is 2.05. The Morgan fingerprint density at radius 3 is 2.65 bits per heavy atom. The van der Waals surface area contributed by atoms with Crippen LogP contribution in [0.15, 0.2) is 6.20 Å². The van der Waals surface area contributed by atoms with Gasteiger partial charge >= 0.3 is 6.18 Å². The monoisotopic (exact) mass is 308 g/mol. The Kier molecular flexibility index (Phi) is 4.11. The summed E-state index contributed by atoms with van der Waals surface area (Å²) in [6.07, 6.45) is -1.98. The predicted molar refractivity (Wildman–Crippen MR) is 70.8 cm³/mol. The molecule has 112 valence electrons. The highest BCUT2D eigenvalue weighted by Gasteiger charge is 2.35. The van der Waals surface area contributed by atoms with E-state index in [-0.39, 0.29) is 17.5 Å². The lowest BCUT2D eigenvalue weighted by atomic mass is 9.91. The molecule has 20 heavy (non-hydrogen) atoms. The molecular weight excluding hydrogens is 293 g/mol. The van der Waals surface area contributed by atoms with Crippen molar-refractivity contribution in [3.63, 3.8) is 0 Å². The first-order valence-electron chi connectivity index (χ1n) is 6.29. The summed E-state index contributed by atoms with van der Waals surface area (Å²) in [7, 11) is 0. The van der Waals surface area contributed by atoms with Crippen LogP contribution in [0.4, 0.5) is 19.1 Å². The maximum absolute atomic E-state index is 12.5. The molecule has 1 saturated heterocycles. The van der Waals surface area contributed by atoms with Crippen LogP contribution in [0.1, 0.15) is 32.3 Å². The zero-order chi connectivity index (χ0) is 15.0. The third-order valence-corrected chi connectivity index (χ3v) is 3.61. The second-order valence-corrected chi connectivity index (χ2v) is 5.90. The Bertz CT molecular complexity index is 480. The van der Waals surface area contributed by atoms with Gasteiger partial charge in [0.05, 0.1) is 0 Å². The Morgan fingerprint density at radius 1 is 1.45 bits per heavy atom. The maximum Gasteiger partial charge on any atom is 0.420 e. The van der Waals surface area contributed by atoms with Crippen LogP contribution < -0.4 is 10.6 Å². The van der Waals surface area contributed by atoms with Crippen LogP contribution in [0.25, 0.3) is 0 Å². The average Bonchev–Trinajstić information content (AvgIpc) is 2.30. The zero-order valence-electron chi connectivity index (χ0n) is 11.2. The summed E-state index contributed by atoms with van der Waals surface area (Å²) < 4.78 is 37.6. The van der Waals surface area contributed by atoms with Gasteiger partial charge in [-0.1, -0.05) is 11.6 Å². The van der Waals surface area contributed by atoms with Crippen molar-refractivity contribution < 1.29 is 13.2 Å². The van der Waals surface area contributed by atoms with E-state index in [9.17, 15) is 13.2 Å². The molecule has 0 radical (unpaired) electrons. The third-order valence-electron chi connectivity index (χ3n) is 3.33. The van der Waals surface area contributed by atoms with Gasteiger partial charge in [-0.2, -0.15) is 13.2 Å². The normalized spacial score (nSPS) is 22.6. The molecular formula is C12H16ClF3N4. The minimum atomic E-state index is -4.54. The number of aromatic nitrogens is 2. The van der Waals surface area contributed by atoms with Crippen molar-refractivity contribution in [2.24, 2.45) is 0 Å². The van der Waals surface area contributed by atoms with E-state index in [1.165, 1.54) is 0 Å². The molecule has 1 atom stereocenters. The molecule has 2 heterocycles. The van der Waals surface area contributed by atoms with Gasteiger partial charge < -0.3 is 10.6 Å². The van der Waals surface area contributed by atoms with Crippen molar-refractivity contribution in [3.05, 3.63) is 16.9 Å². The minimum absolute atomic E-state index is 0.0795. The van der Waals surface area contributed by atoms with E-state index in [2.05, 4.69) is 34.4 Å². The minimum Gasteiger partial charge on any atom is -0.350 e. The van der Waals surface area contributed by atoms with Gasteiger partial charge in [-0.25, -0.2) is 9.97 Å². The van der Waals surface area contributed by atoms with Crippen LogP contribution >= 0.6 is 11.6 Å². The van der Waals surface area contributed by atoms with Gasteiger partial charge in [0, 0.05) is 24.3 Å². The van der Waals surface area contributed by atoms with Gasteiger partial charge in [-0.05, 0) is 26.7 Å². The number of hydrogen-bond donors (Lipinski definition) is 2. The summed E-state index contributed by atoms with van der Waals surface area (Å²) in [6, 6.07) is 0.0795. The van der Waals surface area contributed by atoms with Crippen molar-refractivity contribution in [3.8, 4) is 0 Å². The second-order valence-electron chi connectivity index (χ2n) is 5.54. The second kappa shape index (κ2) is 5.37. The number of piperidine rings is 1. The largest absolute Gasteiger partial charge is 0.420 e. The van der Waals surface area contributed by atoms with Gasteiger partial charge in [0.15, 0.2) is 0 Å². The Labute approximate surface area is 120 Å². The number of alkyl halides is 3. The Balaban J connectivity index is 2.03. The van der Waals surface area contributed by atoms with E-state index in [0.29, 0.717) is 12.7 Å². The SMILES string of the molecule is CC1(C)CC[C@H](Nc2ncc(C(F)(F)F)c(Cl)n2)CN1. The molecule has 2 N–H and O–H groups in total. The highest BCUT2D eigenvalue weighted by atomic mass is 35.5. The molecule has 0 spiro atoms. The maximum atomic E-state index is 12.5. The van der Waals surface area contributed by atoms with Gasteiger partial charge in [0.1, 0.15) is 10.7 Å². The summed E-state index contributed by atoms with van der Waals surface area (Å²) in [4.78, 5) is 7.35. The zero-order valence-corrected chi connectivity index (χ0v) is 11.9. The van der Waals surface area contributed by atoms with E-state index in [4.69, 9.17) is 11.6 Å². The molecule has 8 heteroatoms. The number of rotatable bonds is 2. The fourth-order valence-corrected chi connectivity index (χ4v) is 2.29. The number of nitrogens with one attached hydrogen (secondary N) is 2. The number of anilines is 1. The molecule has 1 aliphatic heterocycles. The summed E-state index contributed by atoms with van der Waals surface area (Å²) in [5, 5.41) is 5.77. The lowest BCUT2D eigenvalue weighted by Crippen LogP contribution is -2.50. The first-order chi connectivity index (χ1) is 9.17. The van der Waals surface area contributed by atoms with Crippen LogP contribution in [-0.2, 0) is 6.18 Å². The highest BCUT2D eigenvalue weighted by Crippen LogP contribution is 2.33. The topological polar surface area (TPSA) is 49.8 Å². The van der Waals surface area contributed by atoms with Crippen LogP contribution in [0.3, 0.4) is 0 Å². The number of halogens is 4. The van der Waals surface area contributed by atoms with Crippen molar-refractivity contribution in [1.29, 1.82) is 0 Å². The molecule has 1 aromatic rings. The standard InChI is InChI=1S/C12H16ClF3N4/c1-11(2)4-3-7(5-18-11)19-10-17-6-8(9(13)20-10)12(14,15)16/h6-7,18H,3-5H2,1-2H3,(H,17,19,20)/t7-/m0/s1. The number of hydrogen-bond acceptors (Lipinski definition) is 4. The average molecular weight is 309 g/mol. The van der Waals surface area contributed by atoms with Crippen LogP contribution in [0.2, 0.25) is 5.15 Å². The fraction of sp³-hybridized carbons (Fsp3) is 0.667. The van der Waals surface area contributed by atoms with Gasteiger partial charge in [0.2, 0.25) is 5.95 Å². The van der Waals surface area contributed by atoms with E-state index >= 15 is 0 Å².